The van der Waals surface area contributed by atoms with Crippen LogP contribution in [0.15, 0.2) is 49.0 Å². The van der Waals surface area contributed by atoms with Crippen molar-refractivity contribution in [3.8, 4) is 0 Å². The molecule has 0 unspecified atom stereocenters. The molecule has 3 rings (SSSR count). The Hall–Kier alpha value is -3.40. The summed E-state index contributed by atoms with van der Waals surface area (Å²) in [6.45, 7) is 0. The second kappa shape index (κ2) is 9.00. The quantitative estimate of drug-likeness (QED) is 0.555. The summed E-state index contributed by atoms with van der Waals surface area (Å²) in [5.41, 5.74) is 4.76. The molecule has 9 nitrogen and oxygen atoms in total. The normalized spacial score (nSPS) is 13.1. The molecule has 10 heteroatoms. The number of fused-ring (bicyclic) bond motifs is 1. The van der Waals surface area contributed by atoms with Gasteiger partial charge in [0.15, 0.2) is 0 Å². The van der Waals surface area contributed by atoms with Gasteiger partial charge in [0, 0.05) is 17.7 Å². The Morgan fingerprint density at radius 2 is 1.89 bits per heavy atom. The van der Waals surface area contributed by atoms with E-state index >= 15 is 0 Å². The molecule has 0 saturated carbocycles. The number of imidazole rings is 1. The van der Waals surface area contributed by atoms with Gasteiger partial charge in [0.25, 0.3) is 0 Å². The molecule has 148 valence electrons. The minimum Gasteiger partial charge on any atom is -0.478 e. The number of hydrogen-bond donors (Lipinski definition) is 4. The minimum absolute atomic E-state index is 0.558. The van der Waals surface area contributed by atoms with Gasteiger partial charge in [-0.3, -0.25) is 4.72 Å². The van der Waals surface area contributed by atoms with Crippen molar-refractivity contribution >= 4 is 33.2 Å². The lowest BCUT2D eigenvalue weighted by Gasteiger charge is -2.20. The number of aliphatic carboxylic acids is 2. The van der Waals surface area contributed by atoms with Crippen molar-refractivity contribution < 1.29 is 28.2 Å². The van der Waals surface area contributed by atoms with Crippen LogP contribution in [0, 0.1) is 0 Å². The van der Waals surface area contributed by atoms with Crippen LogP contribution in [0.1, 0.15) is 23.2 Å². The van der Waals surface area contributed by atoms with Crippen LogP contribution in [0.4, 0.5) is 5.69 Å². The Bertz CT molecular complexity index is 1010. The molecule has 0 amide bonds. The first kappa shape index (κ1) is 20.9. The van der Waals surface area contributed by atoms with Gasteiger partial charge < -0.3 is 15.2 Å². The molecule has 0 aliphatic heterocycles. The Morgan fingerprint density at radius 3 is 2.43 bits per heavy atom. The van der Waals surface area contributed by atoms with Gasteiger partial charge in [-0.25, -0.2) is 23.0 Å². The maximum absolute atomic E-state index is 11.5. The summed E-state index contributed by atoms with van der Waals surface area (Å²) in [6, 6.07) is 5.67. The van der Waals surface area contributed by atoms with Crippen molar-refractivity contribution in [3.05, 3.63) is 65.8 Å². The average molecular weight is 405 g/mol. The molecule has 0 atom stereocenters. The molecule has 28 heavy (non-hydrogen) atoms. The van der Waals surface area contributed by atoms with Gasteiger partial charge in [-0.05, 0) is 30.0 Å². The predicted molar refractivity (Wildman–Crippen MR) is 103 cm³/mol. The number of carbonyl (C=O) groups is 2. The fourth-order valence-electron chi connectivity index (χ4n) is 2.68. The van der Waals surface area contributed by atoms with Crippen LogP contribution in [-0.4, -0.2) is 46.8 Å². The number of nitrogens with one attached hydrogen (secondary N) is 2. The average Bonchev–Trinajstić information content (AvgIpc) is 3.13. The van der Waals surface area contributed by atoms with Crippen LogP contribution in [0.25, 0.3) is 5.57 Å². The molecule has 0 spiro atoms. The predicted octanol–water partition coefficient (Wildman–Crippen LogP) is 1.87. The van der Waals surface area contributed by atoms with Crippen LogP contribution < -0.4 is 4.72 Å². The lowest BCUT2D eigenvalue weighted by atomic mass is 9.88. The van der Waals surface area contributed by atoms with Crippen LogP contribution in [0.2, 0.25) is 0 Å². The molecule has 1 aliphatic rings. The van der Waals surface area contributed by atoms with E-state index in [1.54, 1.807) is 18.6 Å². The lowest BCUT2D eigenvalue weighted by molar-refractivity contribution is -0.134. The maximum Gasteiger partial charge on any atom is 0.328 e. The number of allylic oxidation sites excluding steroid dienone is 1. The van der Waals surface area contributed by atoms with Gasteiger partial charge in [-0.1, -0.05) is 18.2 Å². The minimum atomic E-state index is -3.27. The van der Waals surface area contributed by atoms with Gasteiger partial charge in [0.1, 0.15) is 0 Å². The van der Waals surface area contributed by atoms with Crippen molar-refractivity contribution in [2.24, 2.45) is 0 Å². The number of sulfonamides is 1. The van der Waals surface area contributed by atoms with E-state index in [9.17, 15) is 18.0 Å². The monoisotopic (exact) mass is 405 g/mol. The van der Waals surface area contributed by atoms with E-state index in [1.165, 1.54) is 6.26 Å². The molecular weight excluding hydrogens is 386 g/mol. The number of nitrogens with zero attached hydrogens (tertiary/aromatic N) is 1. The molecule has 0 bridgehead atoms. The zero-order valence-corrected chi connectivity index (χ0v) is 15.7. The number of carboxylic acids is 2. The molecular formula is C18H19N3O6S. The molecule has 0 fully saturated rings. The number of rotatable bonds is 5. The van der Waals surface area contributed by atoms with Crippen LogP contribution in [0.5, 0.6) is 0 Å². The van der Waals surface area contributed by atoms with Crippen molar-refractivity contribution in [2.45, 2.75) is 12.8 Å². The number of hydrogen-bond acceptors (Lipinski definition) is 5. The van der Waals surface area contributed by atoms with E-state index in [0.717, 1.165) is 35.2 Å². The first-order valence-corrected chi connectivity index (χ1v) is 9.99. The molecule has 2 aromatic rings. The Labute approximate surface area is 161 Å². The third-order valence-corrected chi connectivity index (χ3v) is 4.25. The molecule has 0 saturated heterocycles. The highest BCUT2D eigenvalue weighted by Gasteiger charge is 2.18. The molecule has 0 radical (unpaired) electrons. The lowest BCUT2D eigenvalue weighted by Crippen LogP contribution is -2.13. The van der Waals surface area contributed by atoms with Gasteiger partial charge in [0.05, 0.1) is 30.2 Å². The third-order valence-electron chi connectivity index (χ3n) is 3.66. The highest BCUT2D eigenvalue weighted by Crippen LogP contribution is 2.34. The topological polar surface area (TPSA) is 149 Å². The van der Waals surface area contributed by atoms with Gasteiger partial charge in [-0.2, -0.15) is 0 Å². The van der Waals surface area contributed by atoms with Crippen molar-refractivity contribution in [1.82, 2.24) is 9.97 Å². The smallest absolute Gasteiger partial charge is 0.328 e. The zero-order valence-electron chi connectivity index (χ0n) is 14.9. The summed E-state index contributed by atoms with van der Waals surface area (Å²) in [4.78, 5) is 26.2. The maximum atomic E-state index is 11.5. The van der Waals surface area contributed by atoms with Crippen LogP contribution in [-0.2, 0) is 26.0 Å². The number of anilines is 1. The van der Waals surface area contributed by atoms with E-state index in [-0.39, 0.29) is 0 Å². The van der Waals surface area contributed by atoms with Crippen LogP contribution in [0.3, 0.4) is 0 Å². The molecule has 4 N–H and O–H groups in total. The van der Waals surface area contributed by atoms with Crippen molar-refractivity contribution in [1.29, 1.82) is 0 Å². The summed E-state index contributed by atoms with van der Waals surface area (Å²) in [7, 11) is -3.27. The standard InChI is InChI=1S/C14H15N3O2S.C4H4O4/c1-20(18,19)17-13-7-3-4-10-11(13)5-2-6-12(10)14-8-15-9-16-14;5-3(6)1-2-4(7)8/h3-4,6-9,17H,2,5H2,1H3,(H,15,16);1-2H,(H,5,6)(H,7,8)/b;2-1-. The number of carboxylic acid groups (broad SMARTS) is 2. The van der Waals surface area contributed by atoms with Crippen molar-refractivity contribution in [3.63, 3.8) is 0 Å². The Balaban J connectivity index is 0.000000300. The first-order valence-electron chi connectivity index (χ1n) is 8.10. The summed E-state index contributed by atoms with van der Waals surface area (Å²) in [5.74, 6) is -2.51. The largest absolute Gasteiger partial charge is 0.478 e. The SMILES string of the molecule is CS(=O)(=O)Nc1cccc2c1CCC=C2c1cnc[nH]1.O=C(O)/C=C\C(=O)O. The van der Waals surface area contributed by atoms with E-state index in [4.69, 9.17) is 10.2 Å². The van der Waals surface area contributed by atoms with Crippen LogP contribution >= 0.6 is 0 Å². The zero-order chi connectivity index (χ0) is 20.7. The highest BCUT2D eigenvalue weighted by atomic mass is 32.2. The first-order chi connectivity index (χ1) is 13.2. The highest BCUT2D eigenvalue weighted by molar-refractivity contribution is 7.92. The molecule has 1 aliphatic carbocycles. The van der Waals surface area contributed by atoms with E-state index in [1.807, 2.05) is 12.1 Å². The van der Waals surface area contributed by atoms with E-state index in [2.05, 4.69) is 20.8 Å². The van der Waals surface area contributed by atoms with Gasteiger partial charge in [-0.15, -0.1) is 0 Å². The Kier molecular flexibility index (Phi) is 6.72. The van der Waals surface area contributed by atoms with E-state index in [0.29, 0.717) is 17.8 Å². The number of H-pyrrole nitrogens is 1. The number of aromatic nitrogens is 2. The van der Waals surface area contributed by atoms with E-state index < -0.39 is 22.0 Å². The van der Waals surface area contributed by atoms with Gasteiger partial charge >= 0.3 is 11.9 Å². The summed E-state index contributed by atoms with van der Waals surface area (Å²) >= 11 is 0. The van der Waals surface area contributed by atoms with Crippen molar-refractivity contribution in [2.75, 3.05) is 11.0 Å². The molecule has 1 heterocycles. The Morgan fingerprint density at radius 1 is 1.21 bits per heavy atom. The molecule has 1 aromatic heterocycles. The third kappa shape index (κ3) is 6.09. The number of benzene rings is 1. The fraction of sp³-hybridized carbons (Fsp3) is 0.167. The second-order valence-electron chi connectivity index (χ2n) is 5.84. The number of aromatic amines is 1. The fourth-order valence-corrected chi connectivity index (χ4v) is 3.27. The summed E-state index contributed by atoms with van der Waals surface area (Å²) in [5, 5.41) is 15.6. The van der Waals surface area contributed by atoms with Gasteiger partial charge in [0.2, 0.25) is 10.0 Å². The summed E-state index contributed by atoms with van der Waals surface area (Å²) in [6.07, 6.45) is 9.56. The second-order valence-corrected chi connectivity index (χ2v) is 7.59. The molecule has 1 aromatic carbocycles. The summed E-state index contributed by atoms with van der Waals surface area (Å²) < 4.78 is 25.5.